The molecule has 2 aromatic rings. The number of aromatic nitrogens is 2. The summed E-state index contributed by atoms with van der Waals surface area (Å²) in [5, 5.41) is 12.3. The van der Waals surface area contributed by atoms with E-state index in [9.17, 15) is 4.79 Å². The minimum atomic E-state index is 0.210. The Morgan fingerprint density at radius 3 is 2.88 bits per heavy atom. The minimum Gasteiger partial charge on any atom is -0.497 e. The second kappa shape index (κ2) is 9.23. The molecule has 1 amide bonds. The second-order valence-corrected chi connectivity index (χ2v) is 8.36. The number of nitrogens with zero attached hydrogens (tertiary/aromatic N) is 3. The van der Waals surface area contributed by atoms with E-state index in [0.29, 0.717) is 11.8 Å². The van der Waals surface area contributed by atoms with Crippen molar-refractivity contribution < 1.29 is 9.53 Å². The highest BCUT2D eigenvalue weighted by molar-refractivity contribution is 8.01. The van der Waals surface area contributed by atoms with E-state index in [0.717, 1.165) is 46.7 Å². The van der Waals surface area contributed by atoms with Crippen LogP contribution in [0.25, 0.3) is 0 Å². The minimum absolute atomic E-state index is 0.210. The Morgan fingerprint density at radius 2 is 2.15 bits per heavy atom. The van der Waals surface area contributed by atoms with Crippen LogP contribution in [0.4, 0.5) is 10.8 Å². The summed E-state index contributed by atoms with van der Waals surface area (Å²) in [6.45, 7) is 3.05. The highest BCUT2D eigenvalue weighted by Crippen LogP contribution is 2.29. The lowest BCUT2D eigenvalue weighted by Gasteiger charge is -2.35. The monoisotopic (exact) mass is 392 g/mol. The molecule has 26 heavy (non-hydrogen) atoms. The zero-order chi connectivity index (χ0) is 18.4. The van der Waals surface area contributed by atoms with Gasteiger partial charge in [-0.15, -0.1) is 10.2 Å². The fourth-order valence-corrected chi connectivity index (χ4v) is 4.73. The number of anilines is 2. The Kier molecular flexibility index (Phi) is 6.73. The van der Waals surface area contributed by atoms with Crippen LogP contribution < -0.4 is 10.1 Å². The molecule has 1 aliphatic rings. The van der Waals surface area contributed by atoms with Crippen LogP contribution in [0.5, 0.6) is 5.75 Å². The number of piperidine rings is 1. The van der Waals surface area contributed by atoms with Crippen LogP contribution in [-0.4, -0.2) is 46.5 Å². The number of hydrogen-bond donors (Lipinski definition) is 1. The van der Waals surface area contributed by atoms with Crippen LogP contribution in [0, 0.1) is 0 Å². The molecule has 1 aromatic heterocycles. The van der Waals surface area contributed by atoms with Gasteiger partial charge < -0.3 is 15.0 Å². The molecule has 1 unspecified atom stereocenters. The zero-order valence-corrected chi connectivity index (χ0v) is 16.7. The molecule has 1 N–H and O–H groups in total. The van der Waals surface area contributed by atoms with Gasteiger partial charge in [0.1, 0.15) is 5.75 Å². The molecule has 0 aliphatic carbocycles. The van der Waals surface area contributed by atoms with Gasteiger partial charge in [0.15, 0.2) is 4.34 Å². The number of rotatable bonds is 7. The van der Waals surface area contributed by atoms with Crippen molar-refractivity contribution in [2.45, 2.75) is 43.0 Å². The summed E-state index contributed by atoms with van der Waals surface area (Å²) in [6, 6.07) is 8.04. The quantitative estimate of drug-likeness (QED) is 0.713. The number of methoxy groups -OCH3 is 1. The number of benzene rings is 1. The molecule has 2 heterocycles. The molecular weight excluding hydrogens is 368 g/mol. The number of hydrogen-bond acceptors (Lipinski definition) is 7. The third-order valence-corrected chi connectivity index (χ3v) is 6.44. The van der Waals surface area contributed by atoms with E-state index < -0.39 is 0 Å². The molecule has 0 spiro atoms. The summed E-state index contributed by atoms with van der Waals surface area (Å²) < 4.78 is 5.96. The lowest BCUT2D eigenvalue weighted by Crippen LogP contribution is -2.44. The summed E-state index contributed by atoms with van der Waals surface area (Å²) in [5.41, 5.74) is 0.925. The van der Waals surface area contributed by atoms with Gasteiger partial charge in [-0.1, -0.05) is 30.0 Å². The third kappa shape index (κ3) is 4.88. The number of carbonyl (C=O) groups is 1. The molecule has 1 saturated heterocycles. The zero-order valence-electron chi connectivity index (χ0n) is 15.1. The lowest BCUT2D eigenvalue weighted by molar-refractivity contribution is -0.132. The Balaban J connectivity index is 1.52. The third-order valence-electron chi connectivity index (χ3n) is 4.49. The van der Waals surface area contributed by atoms with Crippen LogP contribution in [0.2, 0.25) is 0 Å². The van der Waals surface area contributed by atoms with Gasteiger partial charge in [0.05, 0.1) is 12.9 Å². The molecule has 0 saturated carbocycles. The molecule has 6 nitrogen and oxygen atoms in total. The van der Waals surface area contributed by atoms with Crippen LogP contribution >= 0.6 is 23.1 Å². The van der Waals surface area contributed by atoms with Crippen LogP contribution in [-0.2, 0) is 4.79 Å². The maximum atomic E-state index is 12.5. The Hall–Kier alpha value is -1.80. The first kappa shape index (κ1) is 19.0. The fraction of sp³-hybridized carbons (Fsp3) is 0.500. The van der Waals surface area contributed by atoms with Gasteiger partial charge in [0.2, 0.25) is 11.0 Å². The molecule has 8 heteroatoms. The van der Waals surface area contributed by atoms with E-state index in [4.69, 9.17) is 4.74 Å². The van der Waals surface area contributed by atoms with Crippen LogP contribution in [0.1, 0.15) is 32.6 Å². The van der Waals surface area contributed by atoms with Crippen molar-refractivity contribution in [3.63, 3.8) is 0 Å². The molecular formula is C18H24N4O2S2. The first-order valence-corrected chi connectivity index (χ1v) is 10.7. The normalized spacial score (nSPS) is 17.2. The standard InChI is InChI=1S/C18H24N4O2S2/c1-3-14-6-4-5-11-22(14)16(23)12-25-18-21-20-17(26-18)19-13-7-9-15(24-2)10-8-13/h7-10,14H,3-6,11-12H2,1-2H3,(H,19,20). The number of nitrogens with one attached hydrogen (secondary N) is 1. The molecule has 0 radical (unpaired) electrons. The van der Waals surface area contributed by atoms with E-state index in [1.165, 1.54) is 29.5 Å². The van der Waals surface area contributed by atoms with Gasteiger partial charge in [-0.05, 0) is 49.9 Å². The number of ether oxygens (including phenoxy) is 1. The van der Waals surface area contributed by atoms with Crippen molar-refractivity contribution in [3.05, 3.63) is 24.3 Å². The molecule has 3 rings (SSSR count). The summed E-state index contributed by atoms with van der Waals surface area (Å²) in [4.78, 5) is 14.6. The van der Waals surface area contributed by atoms with E-state index in [2.05, 4.69) is 22.4 Å². The van der Waals surface area contributed by atoms with Gasteiger partial charge in [-0.2, -0.15) is 0 Å². The summed E-state index contributed by atoms with van der Waals surface area (Å²) in [5.74, 6) is 1.44. The topological polar surface area (TPSA) is 67.4 Å². The Morgan fingerprint density at radius 1 is 1.35 bits per heavy atom. The van der Waals surface area contributed by atoms with Crippen molar-refractivity contribution in [1.29, 1.82) is 0 Å². The Labute approximate surface area is 162 Å². The van der Waals surface area contributed by atoms with E-state index in [-0.39, 0.29) is 5.91 Å². The van der Waals surface area contributed by atoms with E-state index in [1.54, 1.807) is 7.11 Å². The highest BCUT2D eigenvalue weighted by Gasteiger charge is 2.25. The molecule has 0 bridgehead atoms. The first-order chi connectivity index (χ1) is 12.7. The lowest BCUT2D eigenvalue weighted by atomic mass is 10.0. The predicted octanol–water partition coefficient (Wildman–Crippen LogP) is 4.17. The largest absolute Gasteiger partial charge is 0.497 e. The number of thioether (sulfide) groups is 1. The van der Waals surface area contributed by atoms with Gasteiger partial charge >= 0.3 is 0 Å². The van der Waals surface area contributed by atoms with Gasteiger partial charge in [-0.3, -0.25) is 4.79 Å². The van der Waals surface area contributed by atoms with Crippen molar-refractivity contribution in [2.75, 3.05) is 24.7 Å². The number of amides is 1. The van der Waals surface area contributed by atoms with Crippen LogP contribution in [0.3, 0.4) is 0 Å². The summed E-state index contributed by atoms with van der Waals surface area (Å²) in [6.07, 6.45) is 4.50. The van der Waals surface area contributed by atoms with E-state index in [1.807, 2.05) is 29.2 Å². The molecule has 1 fully saturated rings. The predicted molar refractivity (Wildman–Crippen MR) is 107 cm³/mol. The molecule has 1 aromatic carbocycles. The smallest absolute Gasteiger partial charge is 0.233 e. The molecule has 1 atom stereocenters. The molecule has 1 aliphatic heterocycles. The fourth-order valence-electron chi connectivity index (χ4n) is 3.08. The summed E-state index contributed by atoms with van der Waals surface area (Å²) >= 11 is 2.93. The van der Waals surface area contributed by atoms with Crippen molar-refractivity contribution >= 4 is 39.8 Å². The maximum absolute atomic E-state index is 12.5. The average molecular weight is 393 g/mol. The average Bonchev–Trinajstić information content (AvgIpc) is 3.14. The van der Waals surface area contributed by atoms with Crippen molar-refractivity contribution in [3.8, 4) is 5.75 Å². The van der Waals surface area contributed by atoms with Gasteiger partial charge in [0.25, 0.3) is 0 Å². The number of likely N-dealkylation sites (tertiary alicyclic amines) is 1. The van der Waals surface area contributed by atoms with Crippen LogP contribution in [0.15, 0.2) is 28.6 Å². The SMILES string of the molecule is CCC1CCCCN1C(=O)CSc1nnc(Nc2ccc(OC)cc2)s1. The highest BCUT2D eigenvalue weighted by atomic mass is 32.2. The Bertz CT molecular complexity index is 720. The van der Waals surface area contributed by atoms with E-state index >= 15 is 0 Å². The maximum Gasteiger partial charge on any atom is 0.233 e. The second-order valence-electron chi connectivity index (χ2n) is 6.16. The number of carbonyl (C=O) groups excluding carboxylic acids is 1. The van der Waals surface area contributed by atoms with Crippen molar-refractivity contribution in [2.24, 2.45) is 0 Å². The molecule has 140 valence electrons. The van der Waals surface area contributed by atoms with Crippen molar-refractivity contribution in [1.82, 2.24) is 15.1 Å². The van der Waals surface area contributed by atoms with Gasteiger partial charge in [-0.25, -0.2) is 0 Å². The van der Waals surface area contributed by atoms with Gasteiger partial charge in [0, 0.05) is 18.3 Å². The summed E-state index contributed by atoms with van der Waals surface area (Å²) in [7, 11) is 1.64. The first-order valence-electron chi connectivity index (χ1n) is 8.86.